The molecule has 0 fully saturated rings. The fourth-order valence-electron chi connectivity index (χ4n) is 4.07. The van der Waals surface area contributed by atoms with Crippen LogP contribution in [0.25, 0.3) is 17.1 Å². The maximum Gasteiger partial charge on any atom is 0.238 e. The maximum atomic E-state index is 5.57. The van der Waals surface area contributed by atoms with E-state index in [1.807, 2.05) is 34.5 Å². The third kappa shape index (κ3) is 3.48. The van der Waals surface area contributed by atoms with Crippen LogP contribution in [0.5, 0.6) is 5.88 Å². The summed E-state index contributed by atoms with van der Waals surface area (Å²) in [6.07, 6.45) is 7.02. The molecule has 4 heterocycles. The van der Waals surface area contributed by atoms with Gasteiger partial charge in [0.15, 0.2) is 5.13 Å². The van der Waals surface area contributed by atoms with Crippen molar-refractivity contribution in [3.8, 4) is 23.0 Å². The molecule has 4 aromatic rings. The minimum absolute atomic E-state index is 0.540. The molecule has 0 atom stereocenters. The molecule has 0 unspecified atom stereocenters. The zero-order valence-corrected chi connectivity index (χ0v) is 19.0. The van der Waals surface area contributed by atoms with Crippen molar-refractivity contribution in [2.45, 2.75) is 46.6 Å². The Balaban J connectivity index is 1.48. The van der Waals surface area contributed by atoms with Crippen molar-refractivity contribution in [2.75, 3.05) is 12.4 Å². The predicted octanol–water partition coefficient (Wildman–Crippen LogP) is 4.46. The van der Waals surface area contributed by atoms with Crippen LogP contribution in [0.4, 0.5) is 10.9 Å². The second-order valence-corrected chi connectivity index (χ2v) is 8.84. The molecule has 160 valence electrons. The number of methoxy groups -OCH3 is 1. The van der Waals surface area contributed by atoms with Crippen LogP contribution in [-0.2, 0) is 19.4 Å². The van der Waals surface area contributed by atoms with Crippen molar-refractivity contribution in [3.63, 3.8) is 0 Å². The van der Waals surface area contributed by atoms with Crippen LogP contribution in [-0.4, -0.2) is 36.4 Å². The zero-order chi connectivity index (χ0) is 21.5. The van der Waals surface area contributed by atoms with E-state index in [4.69, 9.17) is 19.8 Å². The molecule has 9 heteroatoms. The second-order valence-electron chi connectivity index (χ2n) is 7.64. The molecule has 4 aromatic heterocycles. The third-order valence-electron chi connectivity index (χ3n) is 5.56. The summed E-state index contributed by atoms with van der Waals surface area (Å²) in [4.78, 5) is 15.0. The molecule has 0 aromatic carbocycles. The molecule has 1 aliphatic rings. The van der Waals surface area contributed by atoms with E-state index < -0.39 is 0 Å². The largest absolute Gasteiger partial charge is 0.479 e. The highest BCUT2D eigenvalue weighted by Gasteiger charge is 2.23. The molecule has 5 rings (SSSR count). The summed E-state index contributed by atoms with van der Waals surface area (Å²) in [5.41, 5.74) is 5.98. The van der Waals surface area contributed by atoms with E-state index >= 15 is 0 Å². The molecule has 0 spiro atoms. The molecule has 0 radical (unpaired) electrons. The SMILES string of the molecule is CCn1nc2c(c1Nc1nc(-c3ccc(-n4cnc(C)c4)c(OC)n3)c(C)s1)CCC2. The molecule has 1 N–H and O–H groups in total. The van der Waals surface area contributed by atoms with Crippen molar-refractivity contribution in [1.29, 1.82) is 0 Å². The molecular formula is C22H25N7OS. The number of hydrogen-bond donors (Lipinski definition) is 1. The highest BCUT2D eigenvalue weighted by Crippen LogP contribution is 2.36. The molecule has 8 nitrogen and oxygen atoms in total. The fourth-order valence-corrected chi connectivity index (χ4v) is 4.89. The van der Waals surface area contributed by atoms with Gasteiger partial charge >= 0.3 is 0 Å². The van der Waals surface area contributed by atoms with Gasteiger partial charge in [-0.1, -0.05) is 0 Å². The number of rotatable bonds is 6. The van der Waals surface area contributed by atoms with E-state index in [1.54, 1.807) is 24.8 Å². The van der Waals surface area contributed by atoms with Gasteiger partial charge in [0.2, 0.25) is 5.88 Å². The number of ether oxygens (including phenoxy) is 1. The van der Waals surface area contributed by atoms with Crippen LogP contribution < -0.4 is 10.1 Å². The lowest BCUT2D eigenvalue weighted by Crippen LogP contribution is -2.04. The quantitative estimate of drug-likeness (QED) is 0.481. The summed E-state index contributed by atoms with van der Waals surface area (Å²) in [6.45, 7) is 6.98. The number of nitrogens with zero attached hydrogens (tertiary/aromatic N) is 6. The predicted molar refractivity (Wildman–Crippen MR) is 122 cm³/mol. The van der Waals surface area contributed by atoms with Crippen molar-refractivity contribution < 1.29 is 4.74 Å². The van der Waals surface area contributed by atoms with Crippen molar-refractivity contribution >= 4 is 22.3 Å². The number of thiazole rings is 1. The van der Waals surface area contributed by atoms with Crippen LogP contribution in [0.3, 0.4) is 0 Å². The lowest BCUT2D eigenvalue weighted by molar-refractivity contribution is 0.396. The van der Waals surface area contributed by atoms with Gasteiger partial charge in [0.05, 0.1) is 30.5 Å². The van der Waals surface area contributed by atoms with E-state index in [0.29, 0.717) is 5.88 Å². The smallest absolute Gasteiger partial charge is 0.238 e. The van der Waals surface area contributed by atoms with Crippen LogP contribution in [0.1, 0.15) is 35.2 Å². The summed E-state index contributed by atoms with van der Waals surface area (Å²) in [7, 11) is 1.63. The molecular weight excluding hydrogens is 410 g/mol. The molecule has 0 bridgehead atoms. The van der Waals surface area contributed by atoms with Crippen LogP contribution in [0, 0.1) is 13.8 Å². The number of imidazole rings is 1. The number of anilines is 2. The number of nitrogens with one attached hydrogen (secondary N) is 1. The van der Waals surface area contributed by atoms with Gasteiger partial charge in [0.25, 0.3) is 0 Å². The Labute approximate surface area is 185 Å². The minimum atomic E-state index is 0.540. The summed E-state index contributed by atoms with van der Waals surface area (Å²) in [6, 6.07) is 3.97. The Morgan fingerprint density at radius 3 is 2.81 bits per heavy atom. The number of fused-ring (bicyclic) bond motifs is 1. The number of hydrogen-bond acceptors (Lipinski definition) is 7. The Bertz CT molecular complexity index is 1250. The first-order valence-corrected chi connectivity index (χ1v) is 11.3. The first-order valence-electron chi connectivity index (χ1n) is 10.5. The number of aryl methyl sites for hydroxylation is 4. The molecule has 0 amide bonds. The van der Waals surface area contributed by atoms with Gasteiger partial charge < -0.3 is 14.6 Å². The normalized spacial score (nSPS) is 12.9. The standard InChI is InChI=1S/C22H25N7OS/c1-5-29-20(15-7-6-8-16(15)27-29)26-22-25-19(14(3)31-22)17-9-10-18(21(24-17)30-4)28-11-13(2)23-12-28/h9-12H,5-8H2,1-4H3,(H,25,26). The van der Waals surface area contributed by atoms with Crippen molar-refractivity contribution in [1.82, 2.24) is 29.3 Å². The van der Waals surface area contributed by atoms with Gasteiger partial charge in [-0.2, -0.15) is 5.10 Å². The zero-order valence-electron chi connectivity index (χ0n) is 18.1. The molecule has 0 aliphatic heterocycles. The summed E-state index contributed by atoms with van der Waals surface area (Å²) in [5, 5.41) is 9.14. The lowest BCUT2D eigenvalue weighted by atomic mass is 10.2. The van der Waals surface area contributed by atoms with Crippen LogP contribution >= 0.6 is 11.3 Å². The van der Waals surface area contributed by atoms with Gasteiger partial charge in [-0.25, -0.2) is 19.6 Å². The van der Waals surface area contributed by atoms with Crippen molar-refractivity contribution in [3.05, 3.63) is 46.5 Å². The maximum absolute atomic E-state index is 5.57. The summed E-state index contributed by atoms with van der Waals surface area (Å²) < 4.78 is 9.53. The summed E-state index contributed by atoms with van der Waals surface area (Å²) in [5.74, 6) is 1.62. The highest BCUT2D eigenvalue weighted by molar-refractivity contribution is 7.16. The Hall–Kier alpha value is -3.20. The van der Waals surface area contributed by atoms with Gasteiger partial charge in [0.1, 0.15) is 17.2 Å². The first-order chi connectivity index (χ1) is 15.1. The van der Waals surface area contributed by atoms with Gasteiger partial charge in [0, 0.05) is 23.2 Å². The topological polar surface area (TPSA) is 82.7 Å². The van der Waals surface area contributed by atoms with Gasteiger partial charge in [-0.05, 0) is 52.2 Å². The van der Waals surface area contributed by atoms with E-state index in [2.05, 4.69) is 24.1 Å². The third-order valence-corrected chi connectivity index (χ3v) is 6.45. The van der Waals surface area contributed by atoms with Gasteiger partial charge in [-0.3, -0.25) is 0 Å². The monoisotopic (exact) mass is 435 g/mol. The Morgan fingerprint density at radius 1 is 1.19 bits per heavy atom. The Morgan fingerprint density at radius 2 is 2.06 bits per heavy atom. The molecule has 0 saturated carbocycles. The lowest BCUT2D eigenvalue weighted by Gasteiger charge is -2.09. The number of pyridine rings is 1. The second kappa shape index (κ2) is 7.81. The first kappa shape index (κ1) is 19.7. The molecule has 31 heavy (non-hydrogen) atoms. The highest BCUT2D eigenvalue weighted by atomic mass is 32.1. The van der Waals surface area contributed by atoms with Crippen LogP contribution in [0.15, 0.2) is 24.7 Å². The molecule has 1 aliphatic carbocycles. The van der Waals surface area contributed by atoms with E-state index in [0.717, 1.165) is 58.0 Å². The Kier molecular flexibility index (Phi) is 4.97. The average Bonchev–Trinajstić information content (AvgIpc) is 3.53. The molecule has 0 saturated heterocycles. The fraction of sp³-hybridized carbons (Fsp3) is 0.364. The minimum Gasteiger partial charge on any atom is -0.479 e. The van der Waals surface area contributed by atoms with Crippen LogP contribution in [0.2, 0.25) is 0 Å². The summed E-state index contributed by atoms with van der Waals surface area (Å²) >= 11 is 1.63. The van der Waals surface area contributed by atoms with E-state index in [-0.39, 0.29) is 0 Å². The van der Waals surface area contributed by atoms with E-state index in [9.17, 15) is 0 Å². The van der Waals surface area contributed by atoms with E-state index in [1.165, 1.54) is 17.7 Å². The van der Waals surface area contributed by atoms with Gasteiger partial charge in [-0.15, -0.1) is 11.3 Å². The number of aromatic nitrogens is 6. The average molecular weight is 436 g/mol. The van der Waals surface area contributed by atoms with Crippen molar-refractivity contribution in [2.24, 2.45) is 0 Å².